The van der Waals surface area contributed by atoms with Gasteiger partial charge in [-0.2, -0.15) is 0 Å². The van der Waals surface area contributed by atoms with Crippen molar-refractivity contribution in [2.75, 3.05) is 17.2 Å². The Morgan fingerprint density at radius 2 is 2.00 bits per heavy atom. The number of unbranched alkanes of at least 4 members (excludes halogenated alkanes) is 1. The lowest BCUT2D eigenvalue weighted by molar-refractivity contribution is 0.0987. The van der Waals surface area contributed by atoms with E-state index in [0.29, 0.717) is 18.0 Å². The molecule has 0 radical (unpaired) electrons. The Balaban J connectivity index is 2.61. The molecule has 2 rings (SSSR count). The van der Waals surface area contributed by atoms with Gasteiger partial charge in [0.2, 0.25) is 0 Å². The van der Waals surface area contributed by atoms with E-state index in [9.17, 15) is 14.4 Å². The molecule has 2 heterocycles. The lowest BCUT2D eigenvalue weighted by atomic mass is 10.2. The first-order valence-electron chi connectivity index (χ1n) is 9.18. The van der Waals surface area contributed by atoms with Crippen LogP contribution in [-0.2, 0) is 6.54 Å². The maximum absolute atomic E-state index is 13.2. The van der Waals surface area contributed by atoms with Gasteiger partial charge in [-0.1, -0.05) is 27.2 Å². The molecule has 8 heteroatoms. The fourth-order valence-corrected chi connectivity index (χ4v) is 3.81. The summed E-state index contributed by atoms with van der Waals surface area (Å²) in [4.78, 5) is 43.3. The summed E-state index contributed by atoms with van der Waals surface area (Å²) in [5.74, 6) is -0.120. The number of thiophene rings is 1. The molecular weight excluding hydrogens is 364 g/mol. The van der Waals surface area contributed by atoms with Crippen molar-refractivity contribution in [2.24, 2.45) is 5.92 Å². The first-order chi connectivity index (χ1) is 12.7. The Kier molecular flexibility index (Phi) is 6.64. The van der Waals surface area contributed by atoms with Crippen LogP contribution in [0.1, 0.15) is 53.7 Å². The minimum Gasteiger partial charge on any atom is -0.383 e. The quantitative estimate of drug-likeness (QED) is 0.756. The molecule has 0 bridgehead atoms. The Bertz CT molecular complexity index is 920. The number of H-pyrrole nitrogens is 1. The van der Waals surface area contributed by atoms with Crippen LogP contribution in [0.4, 0.5) is 11.5 Å². The molecular formula is C19H28N4O3S. The highest BCUT2D eigenvalue weighted by atomic mass is 32.1. The smallest absolute Gasteiger partial charge is 0.330 e. The van der Waals surface area contributed by atoms with Crippen LogP contribution >= 0.6 is 11.3 Å². The van der Waals surface area contributed by atoms with Gasteiger partial charge in [0, 0.05) is 18.0 Å². The maximum atomic E-state index is 13.2. The summed E-state index contributed by atoms with van der Waals surface area (Å²) in [5, 5.41) is 0. The predicted octanol–water partition coefficient (Wildman–Crippen LogP) is 2.90. The zero-order valence-electron chi connectivity index (χ0n) is 16.6. The highest BCUT2D eigenvalue weighted by Crippen LogP contribution is 2.26. The molecule has 2 aromatic rings. The van der Waals surface area contributed by atoms with Gasteiger partial charge in [-0.15, -0.1) is 11.3 Å². The molecule has 0 spiro atoms. The van der Waals surface area contributed by atoms with Crippen molar-refractivity contribution >= 4 is 28.7 Å². The highest BCUT2D eigenvalue weighted by Gasteiger charge is 2.27. The number of nitrogen functional groups attached to an aromatic ring is 1. The van der Waals surface area contributed by atoms with Crippen molar-refractivity contribution in [1.29, 1.82) is 0 Å². The van der Waals surface area contributed by atoms with Gasteiger partial charge in [0.25, 0.3) is 11.5 Å². The number of nitrogens with one attached hydrogen (secondary N) is 1. The minimum absolute atomic E-state index is 0.0381. The third kappa shape index (κ3) is 4.50. The Morgan fingerprint density at radius 3 is 2.52 bits per heavy atom. The summed E-state index contributed by atoms with van der Waals surface area (Å²) in [6, 6.07) is 1.83. The third-order valence-electron chi connectivity index (χ3n) is 4.39. The monoisotopic (exact) mass is 392 g/mol. The molecule has 3 N–H and O–H groups in total. The molecule has 27 heavy (non-hydrogen) atoms. The second-order valence-electron chi connectivity index (χ2n) is 7.16. The standard InChI is InChI=1S/C19H28N4O3S/c1-6-7-8-22-16(20)15(17(24)21-19(22)26)23(10-11(2)3)18(25)14-9-12(4)13(5)27-14/h9,11H,6-8,10,20H2,1-5H3,(H,21,24,26). The summed E-state index contributed by atoms with van der Waals surface area (Å²) in [7, 11) is 0. The van der Waals surface area contributed by atoms with Crippen molar-refractivity contribution in [3.63, 3.8) is 0 Å². The predicted molar refractivity (Wildman–Crippen MR) is 111 cm³/mol. The average Bonchev–Trinajstić information content (AvgIpc) is 2.91. The molecule has 0 saturated heterocycles. The largest absolute Gasteiger partial charge is 0.383 e. The number of rotatable bonds is 7. The van der Waals surface area contributed by atoms with Gasteiger partial charge in [-0.05, 0) is 37.8 Å². The number of aryl methyl sites for hydroxylation is 2. The number of anilines is 2. The molecule has 0 unspecified atom stereocenters. The average molecular weight is 393 g/mol. The zero-order valence-corrected chi connectivity index (χ0v) is 17.4. The summed E-state index contributed by atoms with van der Waals surface area (Å²) in [5.41, 5.74) is 6.10. The molecule has 1 amide bonds. The first kappa shape index (κ1) is 21.0. The van der Waals surface area contributed by atoms with Crippen molar-refractivity contribution in [1.82, 2.24) is 9.55 Å². The Morgan fingerprint density at radius 1 is 1.33 bits per heavy atom. The lowest BCUT2D eigenvalue weighted by Crippen LogP contribution is -2.42. The van der Waals surface area contributed by atoms with Crippen molar-refractivity contribution < 1.29 is 4.79 Å². The molecule has 0 aliphatic rings. The van der Waals surface area contributed by atoms with Gasteiger partial charge in [0.05, 0.1) is 4.88 Å². The van der Waals surface area contributed by atoms with E-state index in [0.717, 1.165) is 23.3 Å². The molecule has 0 aliphatic heterocycles. The van der Waals surface area contributed by atoms with Crippen LogP contribution in [0.25, 0.3) is 0 Å². The number of carbonyl (C=O) groups excluding carboxylic acids is 1. The highest BCUT2D eigenvalue weighted by molar-refractivity contribution is 7.14. The van der Waals surface area contributed by atoms with Crippen molar-refractivity contribution in [3.05, 3.63) is 42.2 Å². The van der Waals surface area contributed by atoms with E-state index in [1.54, 1.807) is 0 Å². The molecule has 0 aliphatic carbocycles. The van der Waals surface area contributed by atoms with Gasteiger partial charge in [0.15, 0.2) is 5.69 Å². The normalized spacial score (nSPS) is 11.2. The minimum atomic E-state index is -0.635. The van der Waals surface area contributed by atoms with Crippen LogP contribution in [-0.4, -0.2) is 22.0 Å². The third-order valence-corrected chi connectivity index (χ3v) is 5.53. The van der Waals surface area contributed by atoms with Gasteiger partial charge in [-0.25, -0.2) is 4.79 Å². The van der Waals surface area contributed by atoms with Crippen LogP contribution in [0.2, 0.25) is 0 Å². The van der Waals surface area contributed by atoms with Crippen molar-refractivity contribution in [2.45, 2.75) is 54.0 Å². The zero-order chi connectivity index (χ0) is 20.3. The number of aromatic nitrogens is 2. The van der Waals surface area contributed by atoms with Crippen LogP contribution in [0.3, 0.4) is 0 Å². The van der Waals surface area contributed by atoms with Crippen LogP contribution in [0.5, 0.6) is 0 Å². The maximum Gasteiger partial charge on any atom is 0.330 e. The number of amides is 1. The molecule has 2 aromatic heterocycles. The number of carbonyl (C=O) groups is 1. The summed E-state index contributed by atoms with van der Waals surface area (Å²) < 4.78 is 1.34. The van der Waals surface area contributed by atoms with E-state index in [1.807, 2.05) is 40.7 Å². The van der Waals surface area contributed by atoms with E-state index in [1.165, 1.54) is 20.8 Å². The fourth-order valence-electron chi connectivity index (χ4n) is 2.83. The fraction of sp³-hybridized carbons (Fsp3) is 0.526. The number of aromatic amines is 1. The molecule has 148 valence electrons. The van der Waals surface area contributed by atoms with Gasteiger partial charge in [-0.3, -0.25) is 24.0 Å². The second-order valence-corrected chi connectivity index (χ2v) is 8.41. The van der Waals surface area contributed by atoms with Gasteiger partial charge in [0.1, 0.15) is 5.82 Å². The molecule has 0 atom stereocenters. The molecule has 0 saturated carbocycles. The van der Waals surface area contributed by atoms with Crippen LogP contribution in [0.15, 0.2) is 15.7 Å². The molecule has 7 nitrogen and oxygen atoms in total. The van der Waals surface area contributed by atoms with Crippen LogP contribution in [0, 0.1) is 19.8 Å². The number of nitrogens with two attached hydrogens (primary N) is 1. The number of hydrogen-bond acceptors (Lipinski definition) is 5. The molecule has 0 fully saturated rings. The van der Waals surface area contributed by atoms with E-state index >= 15 is 0 Å². The number of hydrogen-bond donors (Lipinski definition) is 2. The summed E-state index contributed by atoms with van der Waals surface area (Å²) >= 11 is 1.39. The van der Waals surface area contributed by atoms with E-state index < -0.39 is 11.2 Å². The van der Waals surface area contributed by atoms with E-state index in [4.69, 9.17) is 5.73 Å². The van der Waals surface area contributed by atoms with Crippen molar-refractivity contribution in [3.8, 4) is 0 Å². The van der Waals surface area contributed by atoms with Crippen LogP contribution < -0.4 is 21.9 Å². The Hall–Kier alpha value is -2.35. The van der Waals surface area contributed by atoms with E-state index in [2.05, 4.69) is 4.98 Å². The topological polar surface area (TPSA) is 101 Å². The summed E-state index contributed by atoms with van der Waals surface area (Å²) in [6.45, 7) is 10.5. The lowest BCUT2D eigenvalue weighted by Gasteiger charge is -2.25. The first-order valence-corrected chi connectivity index (χ1v) is 10.0. The second kappa shape index (κ2) is 8.56. The van der Waals surface area contributed by atoms with Gasteiger partial charge < -0.3 is 5.73 Å². The van der Waals surface area contributed by atoms with Gasteiger partial charge >= 0.3 is 5.69 Å². The molecule has 0 aromatic carbocycles. The SMILES string of the molecule is CCCCn1c(N)c(N(CC(C)C)C(=O)c2cc(C)c(C)s2)c(=O)[nH]c1=O. The Labute approximate surface area is 162 Å². The van der Waals surface area contributed by atoms with E-state index in [-0.39, 0.29) is 23.3 Å². The number of nitrogens with zero attached hydrogens (tertiary/aromatic N) is 2. The summed E-state index contributed by atoms with van der Waals surface area (Å²) in [6.07, 6.45) is 1.62.